The minimum atomic E-state index is -0.338. The van der Waals surface area contributed by atoms with Crippen LogP contribution in [0.4, 0.5) is 0 Å². The van der Waals surface area contributed by atoms with Gasteiger partial charge >= 0.3 is 0 Å². The Morgan fingerprint density at radius 2 is 1.86 bits per heavy atom. The molecule has 1 aliphatic heterocycles. The molecule has 0 radical (unpaired) electrons. The molecule has 3 heteroatoms. The number of hydrogen-bond donors (Lipinski definition) is 0. The fourth-order valence-corrected chi connectivity index (χ4v) is 3.16. The molecule has 1 saturated heterocycles. The first-order valence-electron chi connectivity index (χ1n) is 7.84. The van der Waals surface area contributed by atoms with E-state index >= 15 is 0 Å². The number of carbonyl (C=O) groups is 1. The lowest BCUT2D eigenvalue weighted by atomic mass is 9.83. The van der Waals surface area contributed by atoms with Crippen LogP contribution in [0.3, 0.4) is 0 Å². The predicted octanol–water partition coefficient (Wildman–Crippen LogP) is 3.25. The van der Waals surface area contributed by atoms with Gasteiger partial charge in [0.05, 0.1) is 0 Å². The highest BCUT2D eigenvalue weighted by molar-refractivity contribution is 6.00. The first kappa shape index (κ1) is 16.2. The molecule has 1 aromatic carbocycles. The largest absolute Gasteiger partial charge is 0.384 e. The third kappa shape index (κ3) is 4.39. The highest BCUT2D eigenvalue weighted by atomic mass is 16.5. The van der Waals surface area contributed by atoms with Crippen molar-refractivity contribution < 1.29 is 9.53 Å². The third-order valence-electron chi connectivity index (χ3n) is 4.38. The summed E-state index contributed by atoms with van der Waals surface area (Å²) in [6.07, 6.45) is 2.34. The van der Waals surface area contributed by atoms with Gasteiger partial charge in [-0.15, -0.1) is 0 Å². The molecule has 0 aromatic heterocycles. The van der Waals surface area contributed by atoms with Gasteiger partial charge in [-0.1, -0.05) is 44.2 Å². The van der Waals surface area contributed by atoms with Crippen molar-refractivity contribution in [2.45, 2.75) is 26.7 Å². The number of rotatable bonds is 6. The summed E-state index contributed by atoms with van der Waals surface area (Å²) in [6.45, 7) is 7.95. The first-order valence-corrected chi connectivity index (χ1v) is 7.84. The molecule has 3 nitrogen and oxygen atoms in total. The highest BCUT2D eigenvalue weighted by Crippen LogP contribution is 2.26. The molecule has 0 aliphatic carbocycles. The Morgan fingerprint density at radius 3 is 2.43 bits per heavy atom. The van der Waals surface area contributed by atoms with Crippen LogP contribution in [0.15, 0.2) is 30.3 Å². The summed E-state index contributed by atoms with van der Waals surface area (Å²) in [6, 6.07) is 9.63. The number of hydrogen-bond acceptors (Lipinski definition) is 3. The lowest BCUT2D eigenvalue weighted by molar-refractivity contribution is 0.0640. The Hall–Kier alpha value is -1.19. The van der Waals surface area contributed by atoms with Crippen molar-refractivity contribution in [2.75, 3.05) is 33.4 Å². The average Bonchev–Trinajstić information content (AvgIpc) is 2.49. The van der Waals surface area contributed by atoms with Crippen LogP contribution in [0.5, 0.6) is 0 Å². The van der Waals surface area contributed by atoms with Gasteiger partial charge in [0.1, 0.15) is 0 Å². The zero-order chi connectivity index (χ0) is 15.3. The lowest BCUT2D eigenvalue weighted by Crippen LogP contribution is -2.43. The Bertz CT molecular complexity index is 448. The zero-order valence-corrected chi connectivity index (χ0v) is 13.5. The Kier molecular flexibility index (Phi) is 5.54. The molecule has 2 rings (SSSR count). The molecule has 0 amide bonds. The molecule has 0 atom stereocenters. The van der Waals surface area contributed by atoms with E-state index in [1.807, 2.05) is 30.3 Å². The van der Waals surface area contributed by atoms with Crippen molar-refractivity contribution in [3.8, 4) is 0 Å². The van der Waals surface area contributed by atoms with E-state index < -0.39 is 0 Å². The van der Waals surface area contributed by atoms with Crippen molar-refractivity contribution >= 4 is 5.78 Å². The maximum absolute atomic E-state index is 12.7. The fraction of sp³-hybridized carbons (Fsp3) is 0.611. The molecular weight excluding hydrogens is 262 g/mol. The van der Waals surface area contributed by atoms with E-state index in [0.717, 1.165) is 31.8 Å². The van der Waals surface area contributed by atoms with Crippen LogP contribution >= 0.6 is 0 Å². The van der Waals surface area contributed by atoms with Crippen molar-refractivity contribution in [2.24, 2.45) is 11.3 Å². The number of piperidine rings is 1. The van der Waals surface area contributed by atoms with Crippen LogP contribution in [0, 0.1) is 11.3 Å². The number of ether oxygens (including phenoxy) is 1. The normalized spacial score (nSPS) is 17.9. The average molecular weight is 289 g/mol. The van der Waals surface area contributed by atoms with Crippen LogP contribution in [0.1, 0.15) is 37.0 Å². The minimum Gasteiger partial charge on any atom is -0.384 e. The van der Waals surface area contributed by atoms with Crippen LogP contribution in [0.2, 0.25) is 0 Å². The Balaban J connectivity index is 1.91. The third-order valence-corrected chi connectivity index (χ3v) is 4.38. The molecule has 1 heterocycles. The van der Waals surface area contributed by atoms with E-state index in [1.54, 1.807) is 7.11 Å². The number of carbonyl (C=O) groups excluding carboxylic acids is 1. The Morgan fingerprint density at radius 1 is 1.24 bits per heavy atom. The number of nitrogens with zero attached hydrogens (tertiary/aromatic N) is 1. The van der Waals surface area contributed by atoms with Gasteiger partial charge in [0, 0.05) is 31.2 Å². The quantitative estimate of drug-likeness (QED) is 0.753. The molecule has 21 heavy (non-hydrogen) atoms. The highest BCUT2D eigenvalue weighted by Gasteiger charge is 2.32. The molecule has 0 bridgehead atoms. The second-order valence-corrected chi connectivity index (χ2v) is 6.75. The molecule has 0 unspecified atom stereocenters. The van der Waals surface area contributed by atoms with Crippen molar-refractivity contribution in [1.82, 2.24) is 4.90 Å². The zero-order valence-electron chi connectivity index (χ0n) is 13.5. The van der Waals surface area contributed by atoms with Crippen LogP contribution in [-0.2, 0) is 4.74 Å². The fourth-order valence-electron chi connectivity index (χ4n) is 3.16. The molecule has 0 spiro atoms. The molecule has 116 valence electrons. The maximum atomic E-state index is 12.7. The molecule has 1 aliphatic rings. The van der Waals surface area contributed by atoms with Gasteiger partial charge in [0.25, 0.3) is 0 Å². The standard InChI is InChI=1S/C18H27NO2/c1-18(2,17(20)16-7-5-4-6-8-16)14-19-11-9-15(10-12-19)13-21-3/h4-8,15H,9-14H2,1-3H3. The van der Waals surface area contributed by atoms with Gasteiger partial charge in [-0.3, -0.25) is 4.79 Å². The molecular formula is C18H27NO2. The summed E-state index contributed by atoms with van der Waals surface area (Å²) < 4.78 is 5.24. The van der Waals surface area contributed by atoms with Gasteiger partial charge in [-0.2, -0.15) is 0 Å². The molecule has 1 fully saturated rings. The van der Waals surface area contributed by atoms with Gasteiger partial charge in [0.2, 0.25) is 0 Å². The van der Waals surface area contributed by atoms with Gasteiger partial charge < -0.3 is 9.64 Å². The van der Waals surface area contributed by atoms with E-state index in [1.165, 1.54) is 12.8 Å². The summed E-state index contributed by atoms with van der Waals surface area (Å²) in [5, 5.41) is 0. The molecule has 1 aromatic rings. The van der Waals surface area contributed by atoms with Gasteiger partial charge in [0.15, 0.2) is 5.78 Å². The van der Waals surface area contributed by atoms with E-state index in [-0.39, 0.29) is 11.2 Å². The van der Waals surface area contributed by atoms with E-state index in [0.29, 0.717) is 5.92 Å². The number of benzene rings is 1. The topological polar surface area (TPSA) is 29.5 Å². The van der Waals surface area contributed by atoms with Crippen LogP contribution < -0.4 is 0 Å². The number of ketones is 1. The smallest absolute Gasteiger partial charge is 0.169 e. The summed E-state index contributed by atoms with van der Waals surface area (Å²) in [4.78, 5) is 15.1. The van der Waals surface area contributed by atoms with E-state index in [4.69, 9.17) is 4.74 Å². The SMILES string of the molecule is COCC1CCN(CC(C)(C)C(=O)c2ccccc2)CC1. The predicted molar refractivity (Wildman–Crippen MR) is 85.6 cm³/mol. The van der Waals surface area contributed by atoms with Gasteiger partial charge in [-0.05, 0) is 31.8 Å². The minimum absolute atomic E-state index is 0.238. The van der Waals surface area contributed by atoms with Crippen molar-refractivity contribution in [3.63, 3.8) is 0 Å². The van der Waals surface area contributed by atoms with E-state index in [2.05, 4.69) is 18.7 Å². The van der Waals surface area contributed by atoms with Crippen molar-refractivity contribution in [1.29, 1.82) is 0 Å². The molecule has 0 N–H and O–H groups in total. The number of likely N-dealkylation sites (tertiary alicyclic amines) is 1. The monoisotopic (exact) mass is 289 g/mol. The number of methoxy groups -OCH3 is 1. The lowest BCUT2D eigenvalue weighted by Gasteiger charge is -2.36. The molecule has 0 saturated carbocycles. The van der Waals surface area contributed by atoms with Crippen LogP contribution in [0.25, 0.3) is 0 Å². The second kappa shape index (κ2) is 7.19. The van der Waals surface area contributed by atoms with Crippen LogP contribution in [-0.4, -0.2) is 44.0 Å². The summed E-state index contributed by atoms with van der Waals surface area (Å²) >= 11 is 0. The Labute approximate surface area is 128 Å². The summed E-state index contributed by atoms with van der Waals surface area (Å²) in [5.41, 5.74) is 0.479. The van der Waals surface area contributed by atoms with Crippen molar-refractivity contribution in [3.05, 3.63) is 35.9 Å². The summed E-state index contributed by atoms with van der Waals surface area (Å²) in [5.74, 6) is 0.918. The van der Waals surface area contributed by atoms with E-state index in [9.17, 15) is 4.79 Å². The summed E-state index contributed by atoms with van der Waals surface area (Å²) in [7, 11) is 1.77. The first-order chi connectivity index (χ1) is 10.0. The maximum Gasteiger partial charge on any atom is 0.169 e. The number of Topliss-reactive ketones (excluding diaryl/α,β-unsaturated/α-hetero) is 1. The second-order valence-electron chi connectivity index (χ2n) is 6.75. The van der Waals surface area contributed by atoms with Gasteiger partial charge in [-0.25, -0.2) is 0 Å².